The molecule has 0 spiro atoms. The van der Waals surface area contributed by atoms with Crippen molar-refractivity contribution in [2.75, 3.05) is 11.5 Å². The number of hydrogen-bond donors (Lipinski definition) is 0. The number of rotatable bonds is 4. The quantitative estimate of drug-likeness (QED) is 0.574. The van der Waals surface area contributed by atoms with Crippen LogP contribution in [0, 0.1) is 24.7 Å². The largest absolute Gasteiger partial charge is 0.229 e. The molecular weight excluding hydrogens is 160 g/mol. The molecule has 0 saturated heterocycles. The first-order valence-electron chi connectivity index (χ1n) is 3.20. The maximum atomic E-state index is 11.0. The fourth-order valence-corrected chi connectivity index (χ4v) is 1.59. The lowest BCUT2D eigenvalue weighted by atomic mass is 10.5. The molecule has 0 unspecified atom stereocenters. The zero-order valence-electron chi connectivity index (χ0n) is 6.21. The fourth-order valence-electron chi connectivity index (χ4n) is 0.531. The Labute approximate surface area is 67.9 Å². The summed E-state index contributed by atoms with van der Waals surface area (Å²) in [5, 5.41) is 0. The summed E-state index contributed by atoms with van der Waals surface area (Å²) >= 11 is 0. The molecule has 0 aliphatic carbocycles. The Morgan fingerprint density at radius 2 is 1.36 bits per heavy atom. The van der Waals surface area contributed by atoms with Crippen LogP contribution in [0.2, 0.25) is 0 Å². The summed E-state index contributed by atoms with van der Waals surface area (Å²) in [5.41, 5.74) is 0. The molecule has 0 bridgehead atoms. The van der Waals surface area contributed by atoms with Gasteiger partial charge in [0.1, 0.15) is 0 Å². The van der Waals surface area contributed by atoms with Gasteiger partial charge in [-0.1, -0.05) is 0 Å². The van der Waals surface area contributed by atoms with Gasteiger partial charge in [-0.15, -0.1) is 24.7 Å². The van der Waals surface area contributed by atoms with Crippen LogP contribution in [-0.4, -0.2) is 19.9 Å². The van der Waals surface area contributed by atoms with Crippen molar-refractivity contribution in [2.45, 2.75) is 12.8 Å². The van der Waals surface area contributed by atoms with Crippen molar-refractivity contribution >= 4 is 9.84 Å². The molecule has 0 fully saturated rings. The third-order valence-electron chi connectivity index (χ3n) is 1.11. The first-order chi connectivity index (χ1) is 5.12. The minimum Gasteiger partial charge on any atom is -0.229 e. The Hall–Kier alpha value is -0.930. The second-order valence-corrected chi connectivity index (χ2v) is 4.36. The van der Waals surface area contributed by atoms with E-state index in [1.54, 1.807) is 0 Å². The molecule has 0 aromatic heterocycles. The molecule has 0 rings (SSSR count). The summed E-state index contributed by atoms with van der Waals surface area (Å²) in [5.74, 6) is 4.63. The van der Waals surface area contributed by atoms with E-state index >= 15 is 0 Å². The molecule has 0 aromatic rings. The molecule has 3 heteroatoms. The highest BCUT2D eigenvalue weighted by atomic mass is 32.2. The highest BCUT2D eigenvalue weighted by Gasteiger charge is 2.07. The van der Waals surface area contributed by atoms with E-state index in [-0.39, 0.29) is 24.3 Å². The van der Waals surface area contributed by atoms with Gasteiger partial charge < -0.3 is 0 Å². The van der Waals surface area contributed by atoms with Crippen LogP contribution >= 0.6 is 0 Å². The molecule has 0 atom stereocenters. The summed E-state index contributed by atoms with van der Waals surface area (Å²) in [6.45, 7) is 0. The predicted molar refractivity (Wildman–Crippen MR) is 45.6 cm³/mol. The highest BCUT2D eigenvalue weighted by Crippen LogP contribution is 1.95. The summed E-state index contributed by atoms with van der Waals surface area (Å²) in [4.78, 5) is 0. The lowest BCUT2D eigenvalue weighted by molar-refractivity contribution is 0.596. The van der Waals surface area contributed by atoms with Crippen LogP contribution in [0.1, 0.15) is 12.8 Å². The van der Waals surface area contributed by atoms with Crippen LogP contribution in [0.25, 0.3) is 0 Å². The second-order valence-electron chi connectivity index (χ2n) is 2.06. The van der Waals surface area contributed by atoms with Crippen molar-refractivity contribution in [3.8, 4) is 24.7 Å². The summed E-state index contributed by atoms with van der Waals surface area (Å²) in [7, 11) is -2.99. The third-order valence-corrected chi connectivity index (χ3v) is 2.77. The molecule has 0 N–H and O–H groups in total. The normalized spacial score (nSPS) is 10.0. The minimum absolute atomic E-state index is 0.0468. The monoisotopic (exact) mass is 170 g/mol. The van der Waals surface area contributed by atoms with E-state index < -0.39 is 9.84 Å². The van der Waals surface area contributed by atoms with Crippen molar-refractivity contribution in [3.63, 3.8) is 0 Å². The van der Waals surface area contributed by atoms with Gasteiger partial charge >= 0.3 is 0 Å². The highest BCUT2D eigenvalue weighted by molar-refractivity contribution is 7.91. The van der Waals surface area contributed by atoms with Crippen molar-refractivity contribution < 1.29 is 8.42 Å². The standard InChI is InChI=1S/C8H10O2S/c1-3-5-7-11(9,10)8-6-4-2/h1-2H,5-8H2. The topological polar surface area (TPSA) is 34.1 Å². The lowest BCUT2D eigenvalue weighted by Crippen LogP contribution is -2.09. The van der Waals surface area contributed by atoms with E-state index in [9.17, 15) is 8.42 Å². The Morgan fingerprint density at radius 1 is 1.00 bits per heavy atom. The Kier molecular flexibility index (Phi) is 4.41. The van der Waals surface area contributed by atoms with Crippen molar-refractivity contribution in [2.24, 2.45) is 0 Å². The Morgan fingerprint density at radius 3 is 1.64 bits per heavy atom. The second kappa shape index (κ2) is 4.82. The van der Waals surface area contributed by atoms with Gasteiger partial charge in [0, 0.05) is 12.8 Å². The Bertz CT molecular complexity index is 250. The van der Waals surface area contributed by atoms with E-state index in [0.717, 1.165) is 0 Å². The molecule has 0 aliphatic heterocycles. The van der Waals surface area contributed by atoms with Crippen LogP contribution in [0.3, 0.4) is 0 Å². The molecule has 0 aliphatic rings. The fraction of sp³-hybridized carbons (Fsp3) is 0.500. The summed E-state index contributed by atoms with van der Waals surface area (Å²) in [6, 6.07) is 0. The van der Waals surface area contributed by atoms with E-state index in [0.29, 0.717) is 0 Å². The van der Waals surface area contributed by atoms with Gasteiger partial charge in [-0.05, 0) is 0 Å². The molecule has 0 saturated carbocycles. The molecule has 0 aromatic carbocycles. The van der Waals surface area contributed by atoms with E-state index in [1.165, 1.54) is 0 Å². The number of terminal acetylenes is 2. The zero-order chi connectivity index (χ0) is 8.74. The van der Waals surface area contributed by atoms with Crippen LogP contribution in [0.5, 0.6) is 0 Å². The molecular formula is C8H10O2S. The number of hydrogen-bond acceptors (Lipinski definition) is 2. The lowest BCUT2D eigenvalue weighted by Gasteiger charge is -1.96. The smallest absolute Gasteiger partial charge is 0.152 e. The van der Waals surface area contributed by atoms with Crippen molar-refractivity contribution in [3.05, 3.63) is 0 Å². The van der Waals surface area contributed by atoms with E-state index in [1.807, 2.05) is 0 Å². The van der Waals surface area contributed by atoms with Gasteiger partial charge in [0.25, 0.3) is 0 Å². The van der Waals surface area contributed by atoms with Gasteiger partial charge in [0.15, 0.2) is 9.84 Å². The molecule has 0 radical (unpaired) electrons. The molecule has 0 amide bonds. The molecule has 60 valence electrons. The van der Waals surface area contributed by atoms with Gasteiger partial charge in [0.05, 0.1) is 11.5 Å². The molecule has 11 heavy (non-hydrogen) atoms. The van der Waals surface area contributed by atoms with E-state index in [4.69, 9.17) is 12.8 Å². The first kappa shape index (κ1) is 10.1. The first-order valence-corrected chi connectivity index (χ1v) is 5.02. The third kappa shape index (κ3) is 5.51. The van der Waals surface area contributed by atoms with Crippen LogP contribution in [0.15, 0.2) is 0 Å². The van der Waals surface area contributed by atoms with Crippen molar-refractivity contribution in [1.29, 1.82) is 0 Å². The van der Waals surface area contributed by atoms with Gasteiger partial charge in [0.2, 0.25) is 0 Å². The molecule has 0 heterocycles. The van der Waals surface area contributed by atoms with Crippen LogP contribution < -0.4 is 0 Å². The average Bonchev–Trinajstić information content (AvgIpc) is 1.97. The van der Waals surface area contributed by atoms with Gasteiger partial charge in [-0.25, -0.2) is 8.42 Å². The Balaban J connectivity index is 3.86. The zero-order valence-corrected chi connectivity index (χ0v) is 7.02. The summed E-state index contributed by atoms with van der Waals surface area (Å²) < 4.78 is 21.9. The minimum atomic E-state index is -2.99. The number of sulfone groups is 1. The van der Waals surface area contributed by atoms with Crippen LogP contribution in [0.4, 0.5) is 0 Å². The maximum Gasteiger partial charge on any atom is 0.152 e. The van der Waals surface area contributed by atoms with Gasteiger partial charge in [-0.2, -0.15) is 0 Å². The average molecular weight is 170 g/mol. The van der Waals surface area contributed by atoms with Gasteiger partial charge in [-0.3, -0.25) is 0 Å². The summed E-state index contributed by atoms with van der Waals surface area (Å²) in [6.07, 6.45) is 10.4. The van der Waals surface area contributed by atoms with E-state index in [2.05, 4.69) is 11.8 Å². The molecule has 2 nitrogen and oxygen atoms in total. The van der Waals surface area contributed by atoms with Crippen molar-refractivity contribution in [1.82, 2.24) is 0 Å². The predicted octanol–water partition coefficient (Wildman–Crippen LogP) is 0.448. The van der Waals surface area contributed by atoms with Crippen LogP contribution in [-0.2, 0) is 9.84 Å². The SMILES string of the molecule is C#CCCS(=O)(=O)CCC#C. The maximum absolute atomic E-state index is 11.0.